The maximum Gasteiger partial charge on any atom is 0.327 e. The molecule has 1 aliphatic heterocycles. The number of halogens is 1. The summed E-state index contributed by atoms with van der Waals surface area (Å²) in [4.78, 5) is 59.6. The monoisotopic (exact) mass is 1050 g/mol. The van der Waals surface area contributed by atoms with Gasteiger partial charge in [0, 0.05) is 12.5 Å². The lowest BCUT2D eigenvalue weighted by atomic mass is 9.80. The third kappa shape index (κ3) is 11.3. The third-order valence-electron chi connectivity index (χ3n) is 11.5. The van der Waals surface area contributed by atoms with Gasteiger partial charge in [0.1, 0.15) is 53.6 Å². The fraction of sp³-hybridized carbons (Fsp3) is 0.348. The van der Waals surface area contributed by atoms with Crippen molar-refractivity contribution in [3.8, 4) is 17.6 Å². The van der Waals surface area contributed by atoms with E-state index in [1.165, 1.54) is 6.33 Å². The van der Waals surface area contributed by atoms with Crippen LogP contribution < -0.4 is 20.3 Å². The quantitative estimate of drug-likeness (QED) is 0.0362. The standard InChI is InChI=1S/C46H49FN10O12P2S/c1-28(2)42(58)54-45-53-41-38(43(59)55-45)51-27-57(41)44-39(69-70(60)61)37(47)35(68-44)24-67-71(72,65-21-8-19-48)66-22-20-56-36(52-34-23-49-26-50-40(34)56)25-64-46(29-9-6-5-7-10-29,30-11-15-32(62-3)16-12-30)31-13-17-33(63-4)18-14-31/h5-7,9-18,23,26-28,35,37,39,44,70H,8,20-22,24-25H2,1-4H3,(H,60,61)(H2,53,54,55,58,59)/t35-,37+,39-,44-,71?/m1/s1. The van der Waals surface area contributed by atoms with Gasteiger partial charge < -0.3 is 42.0 Å². The van der Waals surface area contributed by atoms with E-state index in [2.05, 4.69) is 30.2 Å². The third-order valence-corrected chi connectivity index (χ3v) is 14.4. The Hall–Kier alpha value is -6.35. The second-order valence-electron chi connectivity index (χ2n) is 16.3. The largest absolute Gasteiger partial charge is 0.497 e. The molecule has 1 amide bonds. The molecule has 1 fully saturated rings. The van der Waals surface area contributed by atoms with E-state index in [9.17, 15) is 24.3 Å². The van der Waals surface area contributed by atoms with Crippen LogP contribution in [-0.4, -0.2) is 102 Å². The number of rotatable bonds is 23. The molecule has 1 aliphatic rings. The first kappa shape index (κ1) is 52.0. The highest BCUT2D eigenvalue weighted by Gasteiger charge is 2.49. The first-order chi connectivity index (χ1) is 34.8. The van der Waals surface area contributed by atoms with Crippen molar-refractivity contribution >= 4 is 61.0 Å². The molecule has 8 rings (SSSR count). The van der Waals surface area contributed by atoms with Crippen LogP contribution in [0.15, 0.2) is 103 Å². The molecule has 3 aromatic carbocycles. The van der Waals surface area contributed by atoms with Gasteiger partial charge >= 0.3 is 15.0 Å². The minimum absolute atomic E-state index is 0.0624. The smallest absolute Gasteiger partial charge is 0.327 e. The first-order valence-corrected chi connectivity index (χ1v) is 26.1. The van der Waals surface area contributed by atoms with Gasteiger partial charge in [0.15, 0.2) is 29.2 Å². The van der Waals surface area contributed by atoms with Gasteiger partial charge in [0.25, 0.3) is 5.56 Å². The van der Waals surface area contributed by atoms with Crippen molar-refractivity contribution in [3.05, 3.63) is 131 Å². The van der Waals surface area contributed by atoms with E-state index in [0.29, 0.717) is 28.5 Å². The molecular formula is C46H49FN10O12P2S. The molecule has 22 nitrogen and oxygen atoms in total. The number of nitrogens with zero attached hydrogens (tertiary/aromatic N) is 8. The highest BCUT2D eigenvalue weighted by atomic mass is 32.5. The van der Waals surface area contributed by atoms with Crippen LogP contribution in [0.3, 0.4) is 0 Å². The van der Waals surface area contributed by atoms with Crippen LogP contribution in [0.1, 0.15) is 49.0 Å². The zero-order valence-electron chi connectivity index (χ0n) is 39.1. The highest BCUT2D eigenvalue weighted by Crippen LogP contribution is 2.51. The van der Waals surface area contributed by atoms with Crippen molar-refractivity contribution in [2.45, 2.75) is 63.6 Å². The van der Waals surface area contributed by atoms with Gasteiger partial charge in [-0.15, -0.1) is 0 Å². The molecule has 72 heavy (non-hydrogen) atoms. The predicted molar refractivity (Wildman–Crippen MR) is 261 cm³/mol. The fourth-order valence-electron chi connectivity index (χ4n) is 7.97. The lowest BCUT2D eigenvalue weighted by molar-refractivity contribution is -0.118. The van der Waals surface area contributed by atoms with Crippen LogP contribution in [0.25, 0.3) is 22.3 Å². The molecule has 0 aliphatic carbocycles. The summed E-state index contributed by atoms with van der Waals surface area (Å²) >= 11 is 5.81. The molecule has 0 spiro atoms. The summed E-state index contributed by atoms with van der Waals surface area (Å²) in [6.07, 6.45) is -2.94. The second-order valence-corrected chi connectivity index (χ2v) is 20.0. The van der Waals surface area contributed by atoms with Crippen molar-refractivity contribution in [3.63, 3.8) is 0 Å². The lowest BCUT2D eigenvalue weighted by Gasteiger charge is -2.36. The molecule has 7 aromatic rings. The van der Waals surface area contributed by atoms with Crippen molar-refractivity contribution in [2.24, 2.45) is 5.92 Å². The summed E-state index contributed by atoms with van der Waals surface area (Å²) in [5.74, 6) is 0.619. The van der Waals surface area contributed by atoms with Crippen LogP contribution in [0.2, 0.25) is 0 Å². The molecule has 6 atom stereocenters. The van der Waals surface area contributed by atoms with Crippen LogP contribution in [0.5, 0.6) is 11.5 Å². The summed E-state index contributed by atoms with van der Waals surface area (Å²) in [5, 5.41) is 11.8. The summed E-state index contributed by atoms with van der Waals surface area (Å²) in [5.41, 5.74) is 1.04. The fourth-order valence-corrected chi connectivity index (χ4v) is 10.3. The highest BCUT2D eigenvalue weighted by molar-refractivity contribution is 8.07. The zero-order chi connectivity index (χ0) is 51.0. The molecule has 1 saturated heterocycles. The molecule has 0 bridgehead atoms. The van der Waals surface area contributed by atoms with E-state index in [4.69, 9.17) is 53.8 Å². The number of anilines is 1. The van der Waals surface area contributed by atoms with Crippen molar-refractivity contribution < 1.29 is 55.7 Å². The van der Waals surface area contributed by atoms with Gasteiger partial charge in [0.2, 0.25) is 11.9 Å². The number of aromatic nitrogens is 8. The van der Waals surface area contributed by atoms with E-state index >= 15 is 4.39 Å². The summed E-state index contributed by atoms with van der Waals surface area (Å²) < 4.78 is 78.8. The van der Waals surface area contributed by atoms with Crippen LogP contribution in [0.4, 0.5) is 10.3 Å². The van der Waals surface area contributed by atoms with E-state index < -0.39 is 69.2 Å². The Morgan fingerprint density at radius 2 is 1.65 bits per heavy atom. The van der Waals surface area contributed by atoms with E-state index in [1.54, 1.807) is 38.8 Å². The molecule has 0 radical (unpaired) electrons. The number of fused-ring (bicyclic) bond motifs is 2. The average Bonchev–Trinajstić information content (AvgIpc) is 4.06. The maximum atomic E-state index is 16.4. The Morgan fingerprint density at radius 1 is 0.986 bits per heavy atom. The molecule has 378 valence electrons. The molecule has 26 heteroatoms. The molecule has 3 N–H and O–H groups in total. The lowest BCUT2D eigenvalue weighted by Crippen LogP contribution is -2.33. The number of benzene rings is 3. The SMILES string of the molecule is COc1ccc(C(OCc2nc3cncnc3n2CCOP(=S)(OCCC#N)OC[C@H]2O[C@@H](n3cnc4c(=O)[nH]c(NC(=O)C(C)C)nc43)[C@H](O[PH](=O)O)[C@H]2F)(c2ccccc2)c2ccc(OC)cc2)cc1. The number of imidazole rings is 2. The molecule has 5 heterocycles. The van der Waals surface area contributed by atoms with Crippen LogP contribution in [-0.2, 0) is 67.5 Å². The number of nitrogens with one attached hydrogen (secondary N) is 2. The number of hydrogen-bond acceptors (Lipinski definition) is 18. The van der Waals surface area contributed by atoms with E-state index in [0.717, 1.165) is 27.6 Å². The van der Waals surface area contributed by atoms with Gasteiger partial charge in [-0.05, 0) is 52.8 Å². The Bertz CT molecular complexity index is 3130. The Labute approximate surface area is 416 Å². The van der Waals surface area contributed by atoms with Gasteiger partial charge in [-0.2, -0.15) is 10.2 Å². The molecular weight excluding hydrogens is 998 g/mol. The van der Waals surface area contributed by atoms with Gasteiger partial charge in [-0.3, -0.25) is 33.5 Å². The van der Waals surface area contributed by atoms with E-state index in [-0.39, 0.29) is 49.9 Å². The average molecular weight is 1050 g/mol. The predicted octanol–water partition coefficient (Wildman–Crippen LogP) is 6.27. The van der Waals surface area contributed by atoms with E-state index in [1.807, 2.05) is 84.9 Å². The van der Waals surface area contributed by atoms with Gasteiger partial charge in [-0.25, -0.2) is 24.3 Å². The normalized spacial score (nSPS) is 18.2. The Morgan fingerprint density at radius 3 is 2.29 bits per heavy atom. The number of methoxy groups -OCH3 is 2. The molecule has 0 saturated carbocycles. The number of aromatic amines is 1. The Balaban J connectivity index is 1.05. The number of H-pyrrole nitrogens is 1. The minimum Gasteiger partial charge on any atom is -0.497 e. The summed E-state index contributed by atoms with van der Waals surface area (Å²) in [6, 6.07) is 26.9. The number of nitriles is 1. The zero-order valence-corrected chi connectivity index (χ0v) is 41.8. The number of carbonyl (C=O) groups excluding carboxylic acids is 1. The Kier molecular flexibility index (Phi) is 16.6. The number of carbonyl (C=O) groups is 1. The number of alkyl halides is 1. The maximum absolute atomic E-state index is 16.4. The summed E-state index contributed by atoms with van der Waals surface area (Å²) in [7, 11) is -0.590. The summed E-state index contributed by atoms with van der Waals surface area (Å²) in [6.45, 7) is -1.57. The number of hydrogen-bond donors (Lipinski definition) is 3. The van der Waals surface area contributed by atoms with Crippen LogP contribution >= 0.6 is 15.0 Å². The first-order valence-electron chi connectivity index (χ1n) is 22.3. The molecule has 2 unspecified atom stereocenters. The van der Waals surface area contributed by atoms with Crippen molar-refractivity contribution in [1.29, 1.82) is 5.26 Å². The molecule has 4 aromatic heterocycles. The van der Waals surface area contributed by atoms with Crippen molar-refractivity contribution in [2.75, 3.05) is 39.4 Å². The number of amides is 1. The van der Waals surface area contributed by atoms with Crippen molar-refractivity contribution in [1.82, 2.24) is 39.0 Å². The van der Waals surface area contributed by atoms with Crippen LogP contribution in [0, 0.1) is 17.2 Å². The topological polar surface area (TPSA) is 271 Å². The second kappa shape index (κ2) is 23.0. The minimum atomic E-state index is -3.84. The number of ether oxygens (including phenoxy) is 4. The van der Waals surface area contributed by atoms with Gasteiger partial charge in [-0.1, -0.05) is 68.4 Å². The van der Waals surface area contributed by atoms with Gasteiger partial charge in [0.05, 0.1) is 59.1 Å².